The molecule has 20 heavy (non-hydrogen) atoms. The molecule has 2 aromatic heterocycles. The average molecular weight is 272 g/mol. The van der Waals surface area contributed by atoms with E-state index in [1.54, 1.807) is 6.07 Å². The molecule has 6 heteroatoms. The van der Waals surface area contributed by atoms with Crippen molar-refractivity contribution in [1.82, 2.24) is 20.1 Å². The number of aromatic amines is 1. The van der Waals surface area contributed by atoms with E-state index in [4.69, 9.17) is 0 Å². The molecule has 0 radical (unpaired) electrons. The summed E-state index contributed by atoms with van der Waals surface area (Å²) in [5, 5.41) is 7.24. The maximum atomic E-state index is 12.2. The van der Waals surface area contributed by atoms with E-state index in [0.29, 0.717) is 5.56 Å². The van der Waals surface area contributed by atoms with Gasteiger partial charge >= 0.3 is 0 Å². The molecule has 0 saturated carbocycles. The summed E-state index contributed by atoms with van der Waals surface area (Å²) in [7, 11) is 1.92. The predicted octanol–water partition coefficient (Wildman–Crippen LogP) is 0.916. The fourth-order valence-corrected chi connectivity index (χ4v) is 2.68. The molecule has 1 unspecified atom stereocenters. The van der Waals surface area contributed by atoms with Crippen LogP contribution in [0.4, 0.5) is 0 Å². The Hall–Kier alpha value is -2.37. The van der Waals surface area contributed by atoms with Crippen LogP contribution in [0.5, 0.6) is 0 Å². The standard InChI is InChI=1S/C14H16N4O2/c1-18-12-4-2-3-11(10(12)8-16-18)17-14(20)9-5-6-15-13(19)7-9/h5-8,11H,2-4H2,1H3,(H,15,19)(H,17,20). The van der Waals surface area contributed by atoms with Gasteiger partial charge in [-0.3, -0.25) is 14.3 Å². The number of aromatic nitrogens is 3. The van der Waals surface area contributed by atoms with Crippen LogP contribution in [-0.2, 0) is 13.5 Å². The number of nitrogens with one attached hydrogen (secondary N) is 2. The largest absolute Gasteiger partial charge is 0.345 e. The van der Waals surface area contributed by atoms with E-state index >= 15 is 0 Å². The molecule has 2 aromatic rings. The lowest BCUT2D eigenvalue weighted by Crippen LogP contribution is -2.31. The molecule has 104 valence electrons. The first kappa shape index (κ1) is 12.7. The third-order valence-electron chi connectivity index (χ3n) is 3.72. The summed E-state index contributed by atoms with van der Waals surface area (Å²) in [5.41, 5.74) is 2.36. The summed E-state index contributed by atoms with van der Waals surface area (Å²) < 4.78 is 1.86. The van der Waals surface area contributed by atoms with Crippen molar-refractivity contribution in [2.75, 3.05) is 0 Å². The van der Waals surface area contributed by atoms with E-state index in [-0.39, 0.29) is 17.5 Å². The summed E-state index contributed by atoms with van der Waals surface area (Å²) >= 11 is 0. The maximum absolute atomic E-state index is 12.2. The number of hydrogen-bond donors (Lipinski definition) is 2. The highest BCUT2D eigenvalue weighted by Crippen LogP contribution is 2.29. The monoisotopic (exact) mass is 272 g/mol. The van der Waals surface area contributed by atoms with Gasteiger partial charge in [-0.05, 0) is 25.3 Å². The van der Waals surface area contributed by atoms with Crippen LogP contribution in [0.15, 0.2) is 29.3 Å². The van der Waals surface area contributed by atoms with Gasteiger partial charge < -0.3 is 10.3 Å². The number of hydrogen-bond acceptors (Lipinski definition) is 3. The Morgan fingerprint density at radius 2 is 2.40 bits per heavy atom. The number of nitrogens with zero attached hydrogens (tertiary/aromatic N) is 2. The second-order valence-corrected chi connectivity index (χ2v) is 5.03. The van der Waals surface area contributed by atoms with E-state index in [1.165, 1.54) is 18.0 Å². The Morgan fingerprint density at radius 3 is 3.20 bits per heavy atom. The number of fused-ring (bicyclic) bond motifs is 1. The summed E-state index contributed by atoms with van der Waals surface area (Å²) in [6.45, 7) is 0. The zero-order valence-electron chi connectivity index (χ0n) is 11.2. The topological polar surface area (TPSA) is 79.8 Å². The lowest BCUT2D eigenvalue weighted by Gasteiger charge is -2.23. The molecular weight excluding hydrogens is 256 g/mol. The average Bonchev–Trinajstić information content (AvgIpc) is 2.82. The smallest absolute Gasteiger partial charge is 0.252 e. The van der Waals surface area contributed by atoms with Gasteiger partial charge in [0.1, 0.15) is 0 Å². The van der Waals surface area contributed by atoms with Crippen molar-refractivity contribution in [3.8, 4) is 0 Å². The lowest BCUT2D eigenvalue weighted by molar-refractivity contribution is 0.0932. The van der Waals surface area contributed by atoms with E-state index in [9.17, 15) is 9.59 Å². The van der Waals surface area contributed by atoms with Gasteiger partial charge in [-0.1, -0.05) is 0 Å². The van der Waals surface area contributed by atoms with Gasteiger partial charge in [0.05, 0.1) is 12.2 Å². The third-order valence-corrected chi connectivity index (χ3v) is 3.72. The van der Waals surface area contributed by atoms with Gasteiger partial charge in [-0.15, -0.1) is 0 Å². The number of carbonyl (C=O) groups excluding carboxylic acids is 1. The van der Waals surface area contributed by atoms with Crippen LogP contribution in [0.2, 0.25) is 0 Å². The summed E-state index contributed by atoms with van der Waals surface area (Å²) in [5.74, 6) is -0.224. The third kappa shape index (κ3) is 2.24. The van der Waals surface area contributed by atoms with Gasteiger partial charge in [-0.25, -0.2) is 0 Å². The van der Waals surface area contributed by atoms with Crippen LogP contribution >= 0.6 is 0 Å². The Bertz CT molecular complexity index is 701. The minimum Gasteiger partial charge on any atom is -0.345 e. The molecule has 2 heterocycles. The zero-order valence-corrected chi connectivity index (χ0v) is 11.2. The van der Waals surface area contributed by atoms with Crippen LogP contribution in [0.1, 0.15) is 40.5 Å². The predicted molar refractivity (Wildman–Crippen MR) is 73.4 cm³/mol. The number of rotatable bonds is 2. The molecule has 2 N–H and O–H groups in total. The minimum absolute atomic E-state index is 0.0285. The van der Waals surface area contributed by atoms with Crippen molar-refractivity contribution in [2.45, 2.75) is 25.3 Å². The van der Waals surface area contributed by atoms with Gasteiger partial charge in [0.2, 0.25) is 5.56 Å². The van der Waals surface area contributed by atoms with Gasteiger partial charge in [-0.2, -0.15) is 5.10 Å². The molecule has 0 fully saturated rings. The van der Waals surface area contributed by atoms with E-state index in [0.717, 1.165) is 24.8 Å². The summed E-state index contributed by atoms with van der Waals surface area (Å²) in [4.78, 5) is 25.9. The molecule has 3 rings (SSSR count). The van der Waals surface area contributed by atoms with Crippen molar-refractivity contribution in [2.24, 2.45) is 7.05 Å². The lowest BCUT2D eigenvalue weighted by atomic mass is 9.93. The molecule has 1 amide bonds. The molecule has 1 atom stereocenters. The molecule has 0 spiro atoms. The number of aryl methyl sites for hydroxylation is 1. The van der Waals surface area contributed by atoms with Crippen molar-refractivity contribution in [1.29, 1.82) is 0 Å². The van der Waals surface area contributed by atoms with E-state index in [2.05, 4.69) is 15.4 Å². The second kappa shape index (κ2) is 4.96. The molecular formula is C14H16N4O2. The van der Waals surface area contributed by atoms with Crippen molar-refractivity contribution >= 4 is 5.91 Å². The highest BCUT2D eigenvalue weighted by molar-refractivity contribution is 5.94. The number of amides is 1. The Kier molecular flexibility index (Phi) is 3.14. The van der Waals surface area contributed by atoms with Crippen LogP contribution < -0.4 is 10.9 Å². The molecule has 0 saturated heterocycles. The van der Waals surface area contributed by atoms with Crippen molar-refractivity contribution < 1.29 is 4.79 Å². The van der Waals surface area contributed by atoms with E-state index < -0.39 is 0 Å². The Balaban J connectivity index is 1.82. The van der Waals surface area contributed by atoms with Gasteiger partial charge in [0.15, 0.2) is 0 Å². The summed E-state index contributed by atoms with van der Waals surface area (Å²) in [6.07, 6.45) is 6.20. The van der Waals surface area contributed by atoms with Crippen molar-refractivity contribution in [3.63, 3.8) is 0 Å². The first-order valence-electron chi connectivity index (χ1n) is 6.65. The number of H-pyrrole nitrogens is 1. The quantitative estimate of drug-likeness (QED) is 0.853. The molecule has 1 aliphatic carbocycles. The zero-order chi connectivity index (χ0) is 14.1. The van der Waals surface area contributed by atoms with Crippen LogP contribution in [-0.4, -0.2) is 20.7 Å². The highest BCUT2D eigenvalue weighted by Gasteiger charge is 2.25. The molecule has 6 nitrogen and oxygen atoms in total. The van der Waals surface area contributed by atoms with Crippen molar-refractivity contribution in [3.05, 3.63) is 51.7 Å². The second-order valence-electron chi connectivity index (χ2n) is 5.03. The Morgan fingerprint density at radius 1 is 1.55 bits per heavy atom. The molecule has 0 aromatic carbocycles. The first-order valence-corrected chi connectivity index (χ1v) is 6.65. The fraction of sp³-hybridized carbons (Fsp3) is 0.357. The number of pyridine rings is 1. The normalized spacial score (nSPS) is 17.6. The molecule has 1 aliphatic rings. The maximum Gasteiger partial charge on any atom is 0.252 e. The van der Waals surface area contributed by atoms with Crippen LogP contribution in [0.25, 0.3) is 0 Å². The summed E-state index contributed by atoms with van der Waals surface area (Å²) in [6, 6.07) is 2.88. The van der Waals surface area contributed by atoms with Gasteiger partial charge in [0, 0.05) is 36.1 Å². The van der Waals surface area contributed by atoms with Crippen LogP contribution in [0.3, 0.4) is 0 Å². The minimum atomic E-state index is -0.275. The molecule has 0 bridgehead atoms. The Labute approximate surface area is 115 Å². The number of carbonyl (C=O) groups is 1. The molecule has 0 aliphatic heterocycles. The SMILES string of the molecule is Cn1ncc2c1CCCC2NC(=O)c1cc[nH]c(=O)c1. The fourth-order valence-electron chi connectivity index (χ4n) is 2.68. The van der Waals surface area contributed by atoms with E-state index in [1.807, 2.05) is 17.9 Å². The highest BCUT2D eigenvalue weighted by atomic mass is 16.2. The van der Waals surface area contributed by atoms with Gasteiger partial charge in [0.25, 0.3) is 5.91 Å². The first-order chi connectivity index (χ1) is 9.65. The van der Waals surface area contributed by atoms with Crippen LogP contribution in [0, 0.1) is 0 Å².